The zero-order valence-electron chi connectivity index (χ0n) is 15.3. The van der Waals surface area contributed by atoms with Crippen LogP contribution in [0.3, 0.4) is 0 Å². The topological polar surface area (TPSA) is 62.5 Å². The molecule has 6 heteroatoms. The van der Waals surface area contributed by atoms with Crippen molar-refractivity contribution in [1.29, 1.82) is 0 Å². The summed E-state index contributed by atoms with van der Waals surface area (Å²) in [6, 6.07) is 19.6. The van der Waals surface area contributed by atoms with E-state index in [1.165, 1.54) is 0 Å². The van der Waals surface area contributed by atoms with Gasteiger partial charge in [-0.2, -0.15) is 4.98 Å². The summed E-state index contributed by atoms with van der Waals surface area (Å²) in [6.45, 7) is 1.90. The van der Waals surface area contributed by atoms with Crippen molar-refractivity contribution in [3.63, 3.8) is 0 Å². The van der Waals surface area contributed by atoms with Gasteiger partial charge in [0.2, 0.25) is 5.91 Å². The van der Waals surface area contributed by atoms with Gasteiger partial charge in [-0.3, -0.25) is 9.69 Å². The van der Waals surface area contributed by atoms with Crippen LogP contribution < -0.4 is 0 Å². The van der Waals surface area contributed by atoms with Gasteiger partial charge in [-0.15, -0.1) is 0 Å². The number of carbonyl (C=O) groups is 1. The summed E-state index contributed by atoms with van der Waals surface area (Å²) in [7, 11) is 1.94. The molecule has 1 amide bonds. The molecule has 2 heterocycles. The summed E-state index contributed by atoms with van der Waals surface area (Å²) in [6.07, 6.45) is 0.811. The quantitative estimate of drug-likeness (QED) is 0.675. The summed E-state index contributed by atoms with van der Waals surface area (Å²) in [4.78, 5) is 21.2. The van der Waals surface area contributed by atoms with Crippen LogP contribution in [0.15, 0.2) is 65.2 Å². The highest BCUT2D eigenvalue weighted by Gasteiger charge is 2.34. The van der Waals surface area contributed by atoms with Gasteiger partial charge < -0.3 is 9.42 Å². The molecule has 1 aromatic heterocycles. The number of hydrogen-bond acceptors (Lipinski definition) is 5. The average Bonchev–Trinajstić information content (AvgIpc) is 3.31. The van der Waals surface area contributed by atoms with Crippen molar-refractivity contribution in [2.75, 3.05) is 13.6 Å². The molecule has 1 fully saturated rings. The Morgan fingerprint density at radius 3 is 2.56 bits per heavy atom. The van der Waals surface area contributed by atoms with Crippen molar-refractivity contribution in [2.24, 2.45) is 0 Å². The highest BCUT2D eigenvalue weighted by Crippen LogP contribution is 2.21. The Hall–Kier alpha value is -2.99. The molecule has 4 rings (SSSR count). The van der Waals surface area contributed by atoms with Gasteiger partial charge in [0.15, 0.2) is 5.82 Å². The maximum absolute atomic E-state index is 12.8. The van der Waals surface area contributed by atoms with E-state index >= 15 is 0 Å². The highest BCUT2D eigenvalue weighted by molar-refractivity contribution is 5.83. The number of likely N-dealkylation sites (N-methyl/N-ethyl adjacent to an activating group) is 1. The van der Waals surface area contributed by atoms with Crippen LogP contribution in [-0.4, -0.2) is 45.5 Å². The average molecular weight is 362 g/mol. The molecule has 3 aromatic rings. The number of carbonyl (C=O) groups excluding carboxylic acids is 1. The van der Waals surface area contributed by atoms with Crippen molar-refractivity contribution in [1.82, 2.24) is 19.9 Å². The molecule has 0 bridgehead atoms. The number of hydrogen-bond donors (Lipinski definition) is 0. The predicted octanol–water partition coefficient (Wildman–Crippen LogP) is 2.97. The van der Waals surface area contributed by atoms with Crippen molar-refractivity contribution in [2.45, 2.75) is 25.6 Å². The Bertz CT molecular complexity index is 895. The highest BCUT2D eigenvalue weighted by atomic mass is 16.5. The van der Waals surface area contributed by atoms with E-state index in [0.29, 0.717) is 24.8 Å². The van der Waals surface area contributed by atoms with Crippen LogP contribution in [0.25, 0.3) is 11.5 Å². The standard InChI is InChI=1S/C21H22N4O2/c1-24(15-19-22-20(27-23-19)17-10-6-3-7-11-17)18-12-13-25(21(18)26)14-16-8-4-2-5-9-16/h2-11,18H,12-15H2,1H3. The number of nitrogens with zero attached hydrogens (tertiary/aromatic N) is 4. The number of amides is 1. The van der Waals surface area contributed by atoms with E-state index in [2.05, 4.69) is 22.3 Å². The van der Waals surface area contributed by atoms with E-state index in [9.17, 15) is 4.79 Å². The minimum absolute atomic E-state index is 0.146. The van der Waals surface area contributed by atoms with Crippen LogP contribution in [0, 0.1) is 0 Å². The summed E-state index contributed by atoms with van der Waals surface area (Å²) in [5.41, 5.74) is 2.05. The monoisotopic (exact) mass is 362 g/mol. The molecule has 0 radical (unpaired) electrons. The van der Waals surface area contributed by atoms with E-state index in [0.717, 1.165) is 24.1 Å². The third-order valence-electron chi connectivity index (χ3n) is 4.90. The van der Waals surface area contributed by atoms with Crippen LogP contribution in [0.2, 0.25) is 0 Å². The zero-order valence-corrected chi connectivity index (χ0v) is 15.3. The first-order valence-electron chi connectivity index (χ1n) is 9.11. The first-order chi connectivity index (χ1) is 13.2. The molecule has 1 aliphatic heterocycles. The van der Waals surface area contributed by atoms with Gasteiger partial charge in [0, 0.05) is 18.7 Å². The molecule has 27 heavy (non-hydrogen) atoms. The Kier molecular flexibility index (Phi) is 4.98. The maximum atomic E-state index is 12.8. The van der Waals surface area contributed by atoms with Crippen molar-refractivity contribution < 1.29 is 9.32 Å². The van der Waals surface area contributed by atoms with Crippen LogP contribution in [0.5, 0.6) is 0 Å². The first kappa shape index (κ1) is 17.4. The molecular formula is C21H22N4O2. The molecule has 138 valence electrons. The van der Waals surface area contributed by atoms with Gasteiger partial charge >= 0.3 is 0 Å². The van der Waals surface area contributed by atoms with Gasteiger partial charge in [0.1, 0.15) is 0 Å². The second-order valence-electron chi connectivity index (χ2n) is 6.85. The van der Waals surface area contributed by atoms with Gasteiger partial charge in [-0.05, 0) is 31.2 Å². The molecular weight excluding hydrogens is 340 g/mol. The van der Waals surface area contributed by atoms with E-state index in [1.54, 1.807) is 0 Å². The van der Waals surface area contributed by atoms with Crippen molar-refractivity contribution in [3.8, 4) is 11.5 Å². The second-order valence-corrected chi connectivity index (χ2v) is 6.85. The maximum Gasteiger partial charge on any atom is 0.257 e. The fraction of sp³-hybridized carbons (Fsp3) is 0.286. The molecule has 1 atom stereocenters. The number of benzene rings is 2. The fourth-order valence-electron chi connectivity index (χ4n) is 3.44. The van der Waals surface area contributed by atoms with Gasteiger partial charge in [-0.25, -0.2) is 0 Å². The molecule has 6 nitrogen and oxygen atoms in total. The Morgan fingerprint density at radius 2 is 1.81 bits per heavy atom. The summed E-state index contributed by atoms with van der Waals surface area (Å²) >= 11 is 0. The van der Waals surface area contributed by atoms with Gasteiger partial charge in [0.25, 0.3) is 5.89 Å². The van der Waals surface area contributed by atoms with Crippen molar-refractivity contribution in [3.05, 3.63) is 72.1 Å². The molecule has 0 aliphatic carbocycles. The minimum Gasteiger partial charge on any atom is -0.337 e. The van der Waals surface area contributed by atoms with Crippen LogP contribution >= 0.6 is 0 Å². The Morgan fingerprint density at radius 1 is 1.11 bits per heavy atom. The van der Waals surface area contributed by atoms with E-state index in [-0.39, 0.29) is 11.9 Å². The smallest absolute Gasteiger partial charge is 0.257 e. The van der Waals surface area contributed by atoms with E-state index in [4.69, 9.17) is 4.52 Å². The lowest BCUT2D eigenvalue weighted by molar-refractivity contribution is -0.132. The van der Waals surface area contributed by atoms with Gasteiger partial charge in [0.05, 0.1) is 12.6 Å². The van der Waals surface area contributed by atoms with E-state index < -0.39 is 0 Å². The van der Waals surface area contributed by atoms with Crippen LogP contribution in [0.1, 0.15) is 17.8 Å². The number of aromatic nitrogens is 2. The zero-order chi connectivity index (χ0) is 18.6. The largest absolute Gasteiger partial charge is 0.337 e. The van der Waals surface area contributed by atoms with Crippen molar-refractivity contribution >= 4 is 5.91 Å². The summed E-state index contributed by atoms with van der Waals surface area (Å²) < 4.78 is 5.36. The normalized spacial score (nSPS) is 17.0. The SMILES string of the molecule is CN(Cc1noc(-c2ccccc2)n1)C1CCN(Cc2ccccc2)C1=O. The van der Waals surface area contributed by atoms with Crippen LogP contribution in [-0.2, 0) is 17.9 Å². The fourth-order valence-corrected chi connectivity index (χ4v) is 3.44. The number of rotatable bonds is 6. The summed E-state index contributed by atoms with van der Waals surface area (Å²) in [5, 5.41) is 4.06. The third-order valence-corrected chi connectivity index (χ3v) is 4.90. The third kappa shape index (κ3) is 3.90. The Balaban J connectivity index is 1.38. The lowest BCUT2D eigenvalue weighted by Gasteiger charge is -2.22. The molecule has 2 aromatic carbocycles. The molecule has 0 N–H and O–H groups in total. The van der Waals surface area contributed by atoms with Gasteiger partial charge in [-0.1, -0.05) is 53.7 Å². The molecule has 1 unspecified atom stereocenters. The summed E-state index contributed by atoms with van der Waals surface area (Å²) in [5.74, 6) is 1.25. The molecule has 0 spiro atoms. The number of likely N-dealkylation sites (tertiary alicyclic amines) is 1. The lowest BCUT2D eigenvalue weighted by atomic mass is 10.2. The Labute approximate surface area is 158 Å². The lowest BCUT2D eigenvalue weighted by Crippen LogP contribution is -2.39. The second kappa shape index (κ2) is 7.72. The first-order valence-corrected chi connectivity index (χ1v) is 9.11. The molecule has 1 saturated heterocycles. The minimum atomic E-state index is -0.146. The molecule has 0 saturated carbocycles. The van der Waals surface area contributed by atoms with E-state index in [1.807, 2.05) is 65.4 Å². The van der Waals surface area contributed by atoms with Crippen LogP contribution in [0.4, 0.5) is 0 Å². The molecule has 1 aliphatic rings. The predicted molar refractivity (Wildman–Crippen MR) is 101 cm³/mol.